The van der Waals surface area contributed by atoms with Gasteiger partial charge in [-0.25, -0.2) is 0 Å². The maximum absolute atomic E-state index is 5.29. The number of hydrogen-bond acceptors (Lipinski definition) is 2. The van der Waals surface area contributed by atoms with Gasteiger partial charge >= 0.3 is 0 Å². The van der Waals surface area contributed by atoms with Gasteiger partial charge in [0.2, 0.25) is 0 Å². The first kappa shape index (κ1) is 7.76. The highest BCUT2D eigenvalue weighted by Crippen LogP contribution is 2.08. The van der Waals surface area contributed by atoms with E-state index in [4.69, 9.17) is 9.47 Å². The number of allylic oxidation sites excluding steroid dienone is 1. The molecule has 0 N–H and O–H groups in total. The Morgan fingerprint density at radius 2 is 2.50 bits per heavy atom. The summed E-state index contributed by atoms with van der Waals surface area (Å²) < 4.78 is 10.3. The van der Waals surface area contributed by atoms with Gasteiger partial charge in [-0.2, -0.15) is 0 Å². The van der Waals surface area contributed by atoms with E-state index in [1.165, 1.54) is 0 Å². The van der Waals surface area contributed by atoms with Gasteiger partial charge < -0.3 is 9.47 Å². The van der Waals surface area contributed by atoms with Crippen molar-refractivity contribution in [2.45, 2.75) is 18.9 Å². The highest BCUT2D eigenvalue weighted by molar-refractivity contribution is 4.68. The lowest BCUT2D eigenvalue weighted by Crippen LogP contribution is -2.02. The van der Waals surface area contributed by atoms with Crippen molar-refractivity contribution in [2.24, 2.45) is 0 Å². The fraction of sp³-hybridized carbons (Fsp3) is 0.750. The molecule has 1 unspecified atom stereocenters. The molecular formula is C8H14O2. The number of rotatable bonds is 6. The highest BCUT2D eigenvalue weighted by atomic mass is 16.6. The number of ether oxygens (including phenoxy) is 2. The second-order valence-electron chi connectivity index (χ2n) is 2.46. The van der Waals surface area contributed by atoms with Gasteiger partial charge in [0.15, 0.2) is 0 Å². The van der Waals surface area contributed by atoms with Crippen molar-refractivity contribution >= 4 is 0 Å². The lowest BCUT2D eigenvalue weighted by Gasteiger charge is -1.98. The van der Waals surface area contributed by atoms with Gasteiger partial charge in [0.1, 0.15) is 6.10 Å². The number of hydrogen-bond donors (Lipinski definition) is 0. The topological polar surface area (TPSA) is 21.8 Å². The monoisotopic (exact) mass is 142 g/mol. The zero-order chi connectivity index (χ0) is 7.23. The molecule has 1 heterocycles. The molecule has 58 valence electrons. The van der Waals surface area contributed by atoms with E-state index in [1.807, 2.05) is 6.08 Å². The normalized spacial score (nSPS) is 22.6. The first-order valence-electron chi connectivity index (χ1n) is 3.73. The predicted octanol–water partition coefficient (Wildman–Crippen LogP) is 1.37. The van der Waals surface area contributed by atoms with Crippen LogP contribution < -0.4 is 0 Å². The van der Waals surface area contributed by atoms with Crippen molar-refractivity contribution in [3.8, 4) is 0 Å². The van der Waals surface area contributed by atoms with Crippen LogP contribution in [0.5, 0.6) is 0 Å². The Morgan fingerprint density at radius 3 is 3.10 bits per heavy atom. The molecule has 1 aliphatic rings. The number of epoxide rings is 1. The summed E-state index contributed by atoms with van der Waals surface area (Å²) in [4.78, 5) is 0. The Balaban J connectivity index is 1.72. The molecule has 1 rings (SSSR count). The van der Waals surface area contributed by atoms with Crippen molar-refractivity contribution in [1.82, 2.24) is 0 Å². The van der Waals surface area contributed by atoms with Gasteiger partial charge in [0.25, 0.3) is 0 Å². The minimum Gasteiger partial charge on any atom is -0.379 e. The van der Waals surface area contributed by atoms with Crippen molar-refractivity contribution in [3.05, 3.63) is 12.7 Å². The average molecular weight is 142 g/mol. The fourth-order valence-corrected chi connectivity index (χ4v) is 0.709. The average Bonchev–Trinajstić information content (AvgIpc) is 2.71. The first-order valence-corrected chi connectivity index (χ1v) is 3.73. The molecule has 0 radical (unpaired) electrons. The zero-order valence-electron chi connectivity index (χ0n) is 6.21. The van der Waals surface area contributed by atoms with E-state index in [1.54, 1.807) is 0 Å². The van der Waals surface area contributed by atoms with Gasteiger partial charge in [-0.1, -0.05) is 6.08 Å². The van der Waals surface area contributed by atoms with Crippen molar-refractivity contribution in [3.63, 3.8) is 0 Å². The summed E-state index contributed by atoms with van der Waals surface area (Å²) in [6, 6.07) is 0. The molecular weight excluding hydrogens is 128 g/mol. The molecule has 2 nitrogen and oxygen atoms in total. The van der Waals surface area contributed by atoms with Gasteiger partial charge in [-0.3, -0.25) is 0 Å². The lowest BCUT2D eigenvalue weighted by molar-refractivity contribution is 0.115. The molecule has 10 heavy (non-hydrogen) atoms. The molecule has 0 amide bonds. The summed E-state index contributed by atoms with van der Waals surface area (Å²) in [6.45, 7) is 6.13. The summed E-state index contributed by atoms with van der Waals surface area (Å²) in [6.07, 6.45) is 4.45. The second-order valence-corrected chi connectivity index (χ2v) is 2.46. The Bertz CT molecular complexity index is 97.4. The van der Waals surface area contributed by atoms with Gasteiger partial charge in [0.05, 0.1) is 13.2 Å². The molecule has 0 aromatic heterocycles. The minimum absolute atomic E-state index is 0.406. The molecule has 0 spiro atoms. The van der Waals surface area contributed by atoms with E-state index in [0.29, 0.717) is 6.10 Å². The Morgan fingerprint density at radius 1 is 1.70 bits per heavy atom. The van der Waals surface area contributed by atoms with Crippen LogP contribution in [0.3, 0.4) is 0 Å². The quantitative estimate of drug-likeness (QED) is 0.317. The van der Waals surface area contributed by atoms with Crippen LogP contribution in [0.2, 0.25) is 0 Å². The summed E-state index contributed by atoms with van der Waals surface area (Å²) in [5.41, 5.74) is 0. The summed E-state index contributed by atoms with van der Waals surface area (Å²) in [5.74, 6) is 0. The van der Waals surface area contributed by atoms with Crippen molar-refractivity contribution in [1.29, 1.82) is 0 Å². The Labute approximate surface area is 61.8 Å². The molecule has 1 saturated heterocycles. The van der Waals surface area contributed by atoms with Crippen LogP contribution in [0.15, 0.2) is 12.7 Å². The van der Waals surface area contributed by atoms with Crippen molar-refractivity contribution in [2.75, 3.05) is 19.8 Å². The maximum Gasteiger partial charge on any atom is 0.104 e. The molecule has 0 aromatic carbocycles. The maximum atomic E-state index is 5.29. The highest BCUT2D eigenvalue weighted by Gasteiger charge is 2.21. The molecule has 0 aromatic rings. The third-order valence-electron chi connectivity index (χ3n) is 1.40. The van der Waals surface area contributed by atoms with E-state index in [2.05, 4.69) is 6.58 Å². The standard InChI is InChI=1S/C8H14O2/c1-2-3-4-5-9-6-8-7-10-8/h2,8H,1,3-7H2. The van der Waals surface area contributed by atoms with Gasteiger partial charge in [-0.15, -0.1) is 6.58 Å². The van der Waals surface area contributed by atoms with E-state index in [9.17, 15) is 0 Å². The van der Waals surface area contributed by atoms with Crippen LogP contribution >= 0.6 is 0 Å². The summed E-state index contributed by atoms with van der Waals surface area (Å²) in [5, 5.41) is 0. The third kappa shape index (κ3) is 3.64. The molecule has 1 fully saturated rings. The first-order chi connectivity index (χ1) is 4.93. The van der Waals surface area contributed by atoms with Crippen LogP contribution in [0, 0.1) is 0 Å². The second kappa shape index (κ2) is 4.47. The van der Waals surface area contributed by atoms with Crippen molar-refractivity contribution < 1.29 is 9.47 Å². The Hall–Kier alpha value is -0.340. The SMILES string of the molecule is C=CCCCOCC1CO1. The lowest BCUT2D eigenvalue weighted by atomic mass is 10.3. The van der Waals surface area contributed by atoms with Crippen LogP contribution in [0.25, 0.3) is 0 Å². The molecule has 1 aliphatic heterocycles. The smallest absolute Gasteiger partial charge is 0.104 e. The fourth-order valence-electron chi connectivity index (χ4n) is 0.709. The molecule has 0 bridgehead atoms. The van der Waals surface area contributed by atoms with Crippen LogP contribution in [-0.2, 0) is 9.47 Å². The largest absolute Gasteiger partial charge is 0.379 e. The molecule has 0 aliphatic carbocycles. The predicted molar refractivity (Wildman–Crippen MR) is 40.0 cm³/mol. The third-order valence-corrected chi connectivity index (χ3v) is 1.40. The molecule has 2 heteroatoms. The molecule has 1 atom stereocenters. The molecule has 0 saturated carbocycles. The van der Waals surface area contributed by atoms with Gasteiger partial charge in [-0.05, 0) is 12.8 Å². The van der Waals surface area contributed by atoms with Crippen LogP contribution in [0.4, 0.5) is 0 Å². The van der Waals surface area contributed by atoms with Crippen LogP contribution in [-0.4, -0.2) is 25.9 Å². The Kier molecular flexibility index (Phi) is 3.47. The van der Waals surface area contributed by atoms with Gasteiger partial charge in [0, 0.05) is 6.61 Å². The summed E-state index contributed by atoms with van der Waals surface area (Å²) in [7, 11) is 0. The summed E-state index contributed by atoms with van der Waals surface area (Å²) >= 11 is 0. The van der Waals surface area contributed by atoms with Crippen LogP contribution in [0.1, 0.15) is 12.8 Å². The minimum atomic E-state index is 0.406. The van der Waals surface area contributed by atoms with E-state index in [0.717, 1.165) is 32.7 Å². The van der Waals surface area contributed by atoms with E-state index >= 15 is 0 Å². The van der Waals surface area contributed by atoms with E-state index in [-0.39, 0.29) is 0 Å². The zero-order valence-corrected chi connectivity index (χ0v) is 6.21. The number of unbranched alkanes of at least 4 members (excludes halogenated alkanes) is 1. The van der Waals surface area contributed by atoms with E-state index < -0.39 is 0 Å².